The number of rotatable bonds is 4. The second kappa shape index (κ2) is 7.44. The van der Waals surface area contributed by atoms with Crippen molar-refractivity contribution < 1.29 is 13.6 Å². The predicted octanol–water partition coefficient (Wildman–Crippen LogP) is 3.37. The average Bonchev–Trinajstić information content (AvgIpc) is 3.08. The van der Waals surface area contributed by atoms with Crippen LogP contribution in [0.3, 0.4) is 0 Å². The lowest BCUT2D eigenvalue weighted by atomic mass is 9.64. The summed E-state index contributed by atoms with van der Waals surface area (Å²) in [6.45, 7) is 3.89. The van der Waals surface area contributed by atoms with Crippen molar-refractivity contribution in [1.29, 1.82) is 0 Å². The Morgan fingerprint density at radius 2 is 2.23 bits per heavy atom. The number of urea groups is 1. The number of nitrogens with zero attached hydrogens (tertiary/aromatic N) is 4. The van der Waals surface area contributed by atoms with Gasteiger partial charge < -0.3 is 20.4 Å². The Balaban J connectivity index is 1.59. The highest BCUT2D eigenvalue weighted by Crippen LogP contribution is 2.55. The summed E-state index contributed by atoms with van der Waals surface area (Å²) in [6.07, 6.45) is 3.34. The number of anilines is 2. The van der Waals surface area contributed by atoms with E-state index in [1.54, 1.807) is 30.0 Å². The molecule has 160 valence electrons. The lowest BCUT2D eigenvalue weighted by Gasteiger charge is -2.61. The number of amides is 2. The van der Waals surface area contributed by atoms with Gasteiger partial charge in [-0.1, -0.05) is 18.5 Å². The Morgan fingerprint density at radius 1 is 1.47 bits per heavy atom. The minimum Gasteiger partial charge on any atom is -0.423 e. The topological polar surface area (TPSA) is 127 Å². The molecule has 2 heterocycles. The third kappa shape index (κ3) is 3.46. The number of benzene rings is 1. The van der Waals surface area contributed by atoms with Gasteiger partial charge in [-0.3, -0.25) is 5.01 Å². The summed E-state index contributed by atoms with van der Waals surface area (Å²) in [5.41, 5.74) is 5.17. The van der Waals surface area contributed by atoms with Crippen LogP contribution in [0.15, 0.2) is 34.8 Å². The Kier molecular flexibility index (Phi) is 5.07. The molecule has 3 unspecified atom stereocenters. The van der Waals surface area contributed by atoms with E-state index in [0.717, 1.165) is 30.5 Å². The first-order chi connectivity index (χ1) is 14.2. The van der Waals surface area contributed by atoms with E-state index in [9.17, 15) is 9.18 Å². The first kappa shape index (κ1) is 20.4. The molecule has 3 atom stereocenters. The van der Waals surface area contributed by atoms with Crippen molar-refractivity contribution in [1.82, 2.24) is 15.1 Å². The van der Waals surface area contributed by atoms with Crippen LogP contribution in [-0.2, 0) is 5.54 Å². The van der Waals surface area contributed by atoms with Crippen molar-refractivity contribution in [2.75, 3.05) is 10.3 Å². The van der Waals surface area contributed by atoms with Gasteiger partial charge in [0.1, 0.15) is 5.54 Å². The number of piperidine rings is 1. The van der Waals surface area contributed by atoms with Gasteiger partial charge in [-0.2, -0.15) is 4.39 Å². The zero-order chi connectivity index (χ0) is 21.6. The molecule has 1 saturated heterocycles. The number of hydrogen-bond acceptors (Lipinski definition) is 7. The van der Waals surface area contributed by atoms with Gasteiger partial charge in [0.25, 0.3) is 0 Å². The van der Waals surface area contributed by atoms with Crippen LogP contribution >= 0.6 is 11.6 Å². The van der Waals surface area contributed by atoms with Gasteiger partial charge >= 0.3 is 6.03 Å². The van der Waals surface area contributed by atoms with Gasteiger partial charge in [-0.15, -0.1) is 10.2 Å². The molecule has 5 N–H and O–H groups in total. The maximum absolute atomic E-state index is 13.2. The van der Waals surface area contributed by atoms with E-state index in [4.69, 9.17) is 27.6 Å². The minimum absolute atomic E-state index is 0.0907. The number of aryl methyl sites for hydroxylation is 1. The highest BCUT2D eigenvalue weighted by molar-refractivity contribution is 6.33. The molecule has 2 fully saturated rings. The van der Waals surface area contributed by atoms with Crippen molar-refractivity contribution in [2.45, 2.75) is 44.7 Å². The predicted molar refractivity (Wildman–Crippen MR) is 110 cm³/mol. The number of carbonyl (C=O) groups is 1. The van der Waals surface area contributed by atoms with Crippen LogP contribution in [0.25, 0.3) is 0 Å². The van der Waals surface area contributed by atoms with Crippen LogP contribution < -0.4 is 21.9 Å². The van der Waals surface area contributed by atoms with E-state index in [1.165, 1.54) is 0 Å². The molecule has 2 amide bonds. The Morgan fingerprint density at radius 3 is 2.90 bits per heavy atom. The summed E-state index contributed by atoms with van der Waals surface area (Å²) in [4.78, 5) is 15.0. The molecule has 2 aliphatic rings. The van der Waals surface area contributed by atoms with Gasteiger partial charge in [0.05, 0.1) is 16.9 Å². The number of fused-ring (bicyclic) bond motifs is 2. The van der Waals surface area contributed by atoms with Crippen LogP contribution in [0, 0.1) is 12.8 Å². The number of hydrogen-bond donors (Lipinski definition) is 3. The van der Waals surface area contributed by atoms with E-state index in [0.29, 0.717) is 23.4 Å². The lowest BCUT2D eigenvalue weighted by molar-refractivity contribution is -0.110. The third-order valence-electron chi connectivity index (χ3n) is 5.64. The fraction of sp³-hybridized carbons (Fsp3) is 0.421. The Labute approximate surface area is 177 Å². The van der Waals surface area contributed by atoms with E-state index in [-0.39, 0.29) is 22.8 Å². The van der Waals surface area contributed by atoms with Crippen molar-refractivity contribution in [3.63, 3.8) is 0 Å². The van der Waals surface area contributed by atoms with Crippen molar-refractivity contribution in [3.8, 4) is 0 Å². The fourth-order valence-electron chi connectivity index (χ4n) is 4.61. The number of hydrazine groups is 1. The van der Waals surface area contributed by atoms with Crippen LogP contribution in [0.1, 0.15) is 38.0 Å². The molecule has 11 heteroatoms. The molecular weight excluding hydrogens is 413 g/mol. The second-order valence-corrected chi connectivity index (χ2v) is 8.36. The molecule has 0 radical (unpaired) electrons. The number of likely N-dealkylation sites (tertiary alicyclic amines) is 1. The largest absolute Gasteiger partial charge is 0.423 e. The molecule has 1 aliphatic heterocycles. The van der Waals surface area contributed by atoms with Gasteiger partial charge in [-0.05, 0) is 37.0 Å². The van der Waals surface area contributed by atoms with Crippen LogP contribution in [-0.4, -0.2) is 27.2 Å². The molecule has 2 bridgehead atoms. The summed E-state index contributed by atoms with van der Waals surface area (Å²) in [5.74, 6) is 6.18. The number of nitrogens with one attached hydrogen (secondary N) is 1. The average molecular weight is 436 g/mol. The summed E-state index contributed by atoms with van der Waals surface area (Å²) < 4.78 is 18.7. The van der Waals surface area contributed by atoms with Crippen molar-refractivity contribution >= 4 is 29.0 Å². The molecule has 1 saturated carbocycles. The molecule has 9 nitrogen and oxygen atoms in total. The van der Waals surface area contributed by atoms with Crippen LogP contribution in [0.5, 0.6) is 0 Å². The monoisotopic (exact) mass is 435 g/mol. The number of aromatic nitrogens is 2. The molecule has 1 aromatic carbocycles. The molecule has 2 aromatic rings. The highest BCUT2D eigenvalue weighted by Gasteiger charge is 2.62. The van der Waals surface area contributed by atoms with Gasteiger partial charge in [0, 0.05) is 25.1 Å². The Hall–Kier alpha value is -2.85. The SMILES string of the molecule is Cc1nnc(C23CC(C)CC(C2)N3C(=O)Nc2ccc(Cl)c(N(N)/C=C(\N)F)c2)o1. The minimum atomic E-state index is -0.970. The first-order valence-electron chi connectivity index (χ1n) is 9.57. The summed E-state index contributed by atoms with van der Waals surface area (Å²) in [5, 5.41) is 12.2. The maximum Gasteiger partial charge on any atom is 0.323 e. The molecule has 0 spiro atoms. The Bertz CT molecular complexity index is 1010. The second-order valence-electron chi connectivity index (χ2n) is 7.95. The van der Waals surface area contributed by atoms with Gasteiger partial charge in [0.15, 0.2) is 0 Å². The normalized spacial score (nSPS) is 25.6. The fourth-order valence-corrected chi connectivity index (χ4v) is 4.82. The standard InChI is InChI=1S/C19H23ClFN7O2/c1-10-5-13-8-19(7-10,17-26-25-11(2)30-17)28(13)18(29)24-12-3-4-14(20)15(6-12)27(23)9-16(21)22/h3-4,6,9-10,13H,5,7-8,22-23H2,1-2H3,(H,24,29)/b16-9-. The van der Waals surface area contributed by atoms with E-state index < -0.39 is 11.5 Å². The zero-order valence-corrected chi connectivity index (χ0v) is 17.4. The maximum atomic E-state index is 13.2. The molecule has 4 rings (SSSR count). The summed E-state index contributed by atoms with van der Waals surface area (Å²) >= 11 is 6.15. The van der Waals surface area contributed by atoms with E-state index >= 15 is 0 Å². The van der Waals surface area contributed by atoms with Crippen molar-refractivity contribution in [2.24, 2.45) is 17.5 Å². The zero-order valence-electron chi connectivity index (χ0n) is 16.6. The molecule has 1 aromatic heterocycles. The lowest BCUT2D eigenvalue weighted by Crippen LogP contribution is -2.70. The number of nitrogens with two attached hydrogens (primary N) is 2. The van der Waals surface area contributed by atoms with Crippen LogP contribution in [0.4, 0.5) is 20.6 Å². The van der Waals surface area contributed by atoms with Crippen LogP contribution in [0.2, 0.25) is 5.02 Å². The number of halogens is 2. The number of carbonyl (C=O) groups excluding carboxylic acids is 1. The quantitative estimate of drug-likeness (QED) is 0.381. The summed E-state index contributed by atoms with van der Waals surface area (Å²) in [6, 6.07) is 4.55. The van der Waals surface area contributed by atoms with Gasteiger partial charge in [0.2, 0.25) is 17.7 Å². The van der Waals surface area contributed by atoms with Crippen molar-refractivity contribution in [3.05, 3.63) is 47.2 Å². The highest BCUT2D eigenvalue weighted by atomic mass is 35.5. The molecule has 1 aliphatic carbocycles. The van der Waals surface area contributed by atoms with E-state index in [1.807, 2.05) is 0 Å². The molecular formula is C19H23ClFN7O2. The van der Waals surface area contributed by atoms with Gasteiger partial charge in [-0.25, -0.2) is 10.6 Å². The third-order valence-corrected chi connectivity index (χ3v) is 5.96. The molecule has 30 heavy (non-hydrogen) atoms. The first-order valence-corrected chi connectivity index (χ1v) is 9.94. The summed E-state index contributed by atoms with van der Waals surface area (Å²) in [7, 11) is 0. The smallest absolute Gasteiger partial charge is 0.323 e. The van der Waals surface area contributed by atoms with E-state index in [2.05, 4.69) is 22.4 Å².